The summed E-state index contributed by atoms with van der Waals surface area (Å²) >= 11 is 0. The molecule has 22 heavy (non-hydrogen) atoms. The van der Waals surface area contributed by atoms with Gasteiger partial charge in [-0.05, 0) is 32.9 Å². The Morgan fingerprint density at radius 3 is 2.68 bits per heavy atom. The third-order valence-corrected chi connectivity index (χ3v) is 3.66. The molecule has 0 spiro atoms. The lowest BCUT2D eigenvalue weighted by Gasteiger charge is -2.15. The zero-order valence-corrected chi connectivity index (χ0v) is 13.5. The van der Waals surface area contributed by atoms with E-state index in [1.165, 1.54) is 5.56 Å². The number of benzene rings is 1. The quantitative estimate of drug-likeness (QED) is 0.783. The Bertz CT molecular complexity index is 581. The fourth-order valence-corrected chi connectivity index (χ4v) is 2.48. The van der Waals surface area contributed by atoms with E-state index in [4.69, 9.17) is 9.84 Å². The second kappa shape index (κ2) is 7.96. The molecule has 1 aromatic carbocycles. The number of rotatable bonds is 8. The summed E-state index contributed by atoms with van der Waals surface area (Å²) in [6.45, 7) is 8.26. The van der Waals surface area contributed by atoms with E-state index in [0.29, 0.717) is 6.54 Å². The Labute approximate surface area is 131 Å². The van der Waals surface area contributed by atoms with E-state index >= 15 is 0 Å². The van der Waals surface area contributed by atoms with Crippen LogP contribution in [0.2, 0.25) is 0 Å². The Hall–Kier alpha value is -1.85. The Morgan fingerprint density at radius 2 is 2.00 bits per heavy atom. The lowest BCUT2D eigenvalue weighted by Crippen LogP contribution is -2.28. The van der Waals surface area contributed by atoms with Crippen molar-refractivity contribution in [3.05, 3.63) is 47.3 Å². The molecule has 2 N–H and O–H groups in total. The Balaban J connectivity index is 1.83. The molecule has 120 valence electrons. The van der Waals surface area contributed by atoms with Crippen molar-refractivity contribution in [2.45, 2.75) is 40.0 Å². The van der Waals surface area contributed by atoms with Gasteiger partial charge in [0.1, 0.15) is 11.9 Å². The lowest BCUT2D eigenvalue weighted by atomic mass is 10.2. The van der Waals surface area contributed by atoms with Gasteiger partial charge >= 0.3 is 0 Å². The van der Waals surface area contributed by atoms with Crippen LogP contribution in [-0.2, 0) is 13.1 Å². The van der Waals surface area contributed by atoms with Gasteiger partial charge in [0.2, 0.25) is 0 Å². The third-order valence-electron chi connectivity index (χ3n) is 3.66. The first-order chi connectivity index (χ1) is 10.6. The number of hydrogen-bond acceptors (Lipinski definition) is 4. The monoisotopic (exact) mass is 303 g/mol. The minimum absolute atomic E-state index is 0.0931. The summed E-state index contributed by atoms with van der Waals surface area (Å²) in [5.41, 5.74) is 3.31. The van der Waals surface area contributed by atoms with Crippen molar-refractivity contribution in [3.8, 4) is 5.75 Å². The predicted octanol–water partition coefficient (Wildman–Crippen LogP) is 2.05. The molecule has 0 aliphatic heterocycles. The van der Waals surface area contributed by atoms with Gasteiger partial charge in [-0.1, -0.05) is 18.2 Å². The van der Waals surface area contributed by atoms with Crippen molar-refractivity contribution < 1.29 is 9.84 Å². The van der Waals surface area contributed by atoms with Crippen LogP contribution in [0.25, 0.3) is 0 Å². The van der Waals surface area contributed by atoms with Crippen LogP contribution >= 0.6 is 0 Å². The van der Waals surface area contributed by atoms with Gasteiger partial charge in [-0.15, -0.1) is 0 Å². The molecule has 0 bridgehead atoms. The predicted molar refractivity (Wildman–Crippen MR) is 87.0 cm³/mol. The molecule has 0 saturated carbocycles. The zero-order chi connectivity index (χ0) is 15.9. The van der Waals surface area contributed by atoms with Crippen molar-refractivity contribution in [1.82, 2.24) is 15.1 Å². The fraction of sp³-hybridized carbons (Fsp3) is 0.471. The van der Waals surface area contributed by atoms with Gasteiger partial charge in [0.15, 0.2) is 0 Å². The Morgan fingerprint density at radius 1 is 1.27 bits per heavy atom. The summed E-state index contributed by atoms with van der Waals surface area (Å²) in [5, 5.41) is 16.9. The van der Waals surface area contributed by atoms with Crippen molar-refractivity contribution in [3.63, 3.8) is 0 Å². The SMILES string of the molecule is Cc1nn(CCO)c(C)c1CNCC(C)Oc1ccccc1. The van der Waals surface area contributed by atoms with Crippen LogP contribution in [0.15, 0.2) is 30.3 Å². The number of nitrogens with zero attached hydrogens (tertiary/aromatic N) is 2. The van der Waals surface area contributed by atoms with E-state index in [-0.39, 0.29) is 12.7 Å². The van der Waals surface area contributed by atoms with E-state index in [2.05, 4.69) is 17.3 Å². The number of para-hydroxylation sites is 1. The second-order valence-corrected chi connectivity index (χ2v) is 5.47. The number of hydrogen-bond donors (Lipinski definition) is 2. The fourth-order valence-electron chi connectivity index (χ4n) is 2.48. The average molecular weight is 303 g/mol. The van der Waals surface area contributed by atoms with Gasteiger partial charge in [0.25, 0.3) is 0 Å². The number of aliphatic hydroxyl groups is 1. The summed E-state index contributed by atoms with van der Waals surface area (Å²) in [5.74, 6) is 0.889. The molecule has 0 amide bonds. The normalized spacial score (nSPS) is 12.4. The second-order valence-electron chi connectivity index (χ2n) is 5.47. The first-order valence-electron chi connectivity index (χ1n) is 7.68. The summed E-state index contributed by atoms with van der Waals surface area (Å²) in [4.78, 5) is 0. The smallest absolute Gasteiger partial charge is 0.119 e. The highest BCUT2D eigenvalue weighted by Gasteiger charge is 2.11. The van der Waals surface area contributed by atoms with Crippen molar-refractivity contribution in [2.24, 2.45) is 0 Å². The molecule has 2 aromatic rings. The molecule has 0 radical (unpaired) electrons. The van der Waals surface area contributed by atoms with E-state index in [0.717, 1.165) is 30.2 Å². The summed E-state index contributed by atoms with van der Waals surface area (Å²) in [6.07, 6.45) is 0.0931. The summed E-state index contributed by atoms with van der Waals surface area (Å²) < 4.78 is 7.70. The first kappa shape index (κ1) is 16.5. The minimum atomic E-state index is 0.0931. The highest BCUT2D eigenvalue weighted by Crippen LogP contribution is 2.13. The topological polar surface area (TPSA) is 59.3 Å². The van der Waals surface area contributed by atoms with Crippen molar-refractivity contribution >= 4 is 0 Å². The van der Waals surface area contributed by atoms with E-state index in [9.17, 15) is 0 Å². The van der Waals surface area contributed by atoms with Crippen molar-refractivity contribution in [1.29, 1.82) is 0 Å². The van der Waals surface area contributed by atoms with Gasteiger partial charge in [-0.3, -0.25) is 4.68 Å². The van der Waals surface area contributed by atoms with Gasteiger partial charge in [0.05, 0.1) is 18.8 Å². The average Bonchev–Trinajstić information content (AvgIpc) is 2.76. The number of aliphatic hydroxyl groups excluding tert-OH is 1. The molecular weight excluding hydrogens is 278 g/mol. The molecule has 0 aliphatic rings. The number of nitrogens with one attached hydrogen (secondary N) is 1. The lowest BCUT2D eigenvalue weighted by molar-refractivity contribution is 0.217. The standard InChI is InChI=1S/C17H25N3O2/c1-13(22-16-7-5-4-6-8-16)11-18-12-17-14(2)19-20(9-10-21)15(17)3/h4-8,13,18,21H,9-12H2,1-3H3. The van der Waals surface area contributed by atoms with Crippen LogP contribution < -0.4 is 10.1 Å². The molecule has 1 unspecified atom stereocenters. The Kier molecular flexibility index (Phi) is 5.98. The highest BCUT2D eigenvalue weighted by atomic mass is 16.5. The van der Waals surface area contributed by atoms with Crippen LogP contribution in [0, 0.1) is 13.8 Å². The maximum Gasteiger partial charge on any atom is 0.119 e. The molecule has 2 rings (SSSR count). The molecular formula is C17H25N3O2. The van der Waals surface area contributed by atoms with E-state index < -0.39 is 0 Å². The molecule has 1 aromatic heterocycles. The molecule has 0 fully saturated rings. The highest BCUT2D eigenvalue weighted by molar-refractivity contribution is 5.24. The van der Waals surface area contributed by atoms with Crippen LogP contribution in [0.1, 0.15) is 23.9 Å². The van der Waals surface area contributed by atoms with Gasteiger partial charge in [-0.25, -0.2) is 0 Å². The van der Waals surface area contributed by atoms with Gasteiger partial charge in [-0.2, -0.15) is 5.10 Å². The van der Waals surface area contributed by atoms with Gasteiger partial charge < -0.3 is 15.2 Å². The largest absolute Gasteiger partial charge is 0.489 e. The molecule has 5 heteroatoms. The molecule has 1 atom stereocenters. The van der Waals surface area contributed by atoms with Crippen molar-refractivity contribution in [2.75, 3.05) is 13.2 Å². The molecule has 1 heterocycles. The number of ether oxygens (including phenoxy) is 1. The molecule has 5 nitrogen and oxygen atoms in total. The number of aromatic nitrogens is 2. The molecule has 0 saturated heterocycles. The number of aryl methyl sites for hydroxylation is 1. The summed E-state index contributed by atoms with van der Waals surface area (Å²) in [6, 6.07) is 9.84. The van der Waals surface area contributed by atoms with Crippen LogP contribution in [0.3, 0.4) is 0 Å². The van der Waals surface area contributed by atoms with E-state index in [1.807, 2.05) is 48.9 Å². The van der Waals surface area contributed by atoms with Gasteiger partial charge in [0, 0.05) is 24.3 Å². The zero-order valence-electron chi connectivity index (χ0n) is 13.5. The summed E-state index contributed by atoms with van der Waals surface area (Å²) in [7, 11) is 0. The third kappa shape index (κ3) is 4.32. The first-order valence-corrected chi connectivity index (χ1v) is 7.68. The molecule has 0 aliphatic carbocycles. The van der Waals surface area contributed by atoms with Crippen LogP contribution in [-0.4, -0.2) is 34.1 Å². The maximum atomic E-state index is 9.04. The maximum absolute atomic E-state index is 9.04. The van der Waals surface area contributed by atoms with Crippen LogP contribution in [0.4, 0.5) is 0 Å². The van der Waals surface area contributed by atoms with Crippen LogP contribution in [0.5, 0.6) is 5.75 Å². The van der Waals surface area contributed by atoms with E-state index in [1.54, 1.807) is 0 Å². The minimum Gasteiger partial charge on any atom is -0.489 e.